The Hall–Kier alpha value is -1.18. The van der Waals surface area contributed by atoms with E-state index in [0.29, 0.717) is 25.5 Å². The molecule has 2 N–H and O–H groups in total. The van der Waals surface area contributed by atoms with Crippen molar-refractivity contribution in [1.29, 1.82) is 0 Å². The summed E-state index contributed by atoms with van der Waals surface area (Å²) >= 11 is 0. The molecule has 0 bridgehead atoms. The van der Waals surface area contributed by atoms with Crippen LogP contribution >= 0.6 is 0 Å². The Balaban J connectivity index is 1.59. The van der Waals surface area contributed by atoms with E-state index in [9.17, 15) is 12.8 Å². The van der Waals surface area contributed by atoms with Gasteiger partial charge in [0.1, 0.15) is 0 Å². The molecule has 1 aromatic carbocycles. The average molecular weight is 399 g/mol. The molecule has 2 aliphatic carbocycles. The maximum absolute atomic E-state index is 14.0. The molecule has 0 aliphatic heterocycles. The van der Waals surface area contributed by atoms with Gasteiger partial charge in [0.15, 0.2) is 11.6 Å². The van der Waals surface area contributed by atoms with Gasteiger partial charge in [0, 0.05) is 5.54 Å². The van der Waals surface area contributed by atoms with Gasteiger partial charge in [-0.15, -0.1) is 0 Å². The number of rotatable bonds is 10. The first-order valence-corrected chi connectivity index (χ1v) is 11.4. The van der Waals surface area contributed by atoms with E-state index < -0.39 is 21.4 Å². The quantitative estimate of drug-likeness (QED) is 0.594. The summed E-state index contributed by atoms with van der Waals surface area (Å²) < 4.78 is 47.5. The third-order valence-corrected chi connectivity index (χ3v) is 6.53. The second-order valence-corrected chi connectivity index (χ2v) is 10.8. The maximum Gasteiger partial charge on any atom is 0.212 e. The summed E-state index contributed by atoms with van der Waals surface area (Å²) in [6.07, 6.45) is 4.26. The molecule has 1 aromatic rings. The topological polar surface area (TPSA) is 67.4 Å². The van der Waals surface area contributed by atoms with Gasteiger partial charge in [-0.3, -0.25) is 0 Å². The Bertz CT molecular complexity index is 766. The Kier molecular flexibility index (Phi) is 5.85. The molecule has 2 saturated carbocycles. The lowest BCUT2D eigenvalue weighted by molar-refractivity contribution is 0.284. The standard InChI is InChI=1S/C20H31FN2O3S/c1-19(2,3)22-11-4-12-27(24,25)23-20(9-10-20)16-7-8-17(21)18(13-16)26-14-15-5-6-15/h7-8,13,15,22-23H,4-6,9-12,14H2,1-3H3. The van der Waals surface area contributed by atoms with Crippen LogP contribution in [0.5, 0.6) is 5.75 Å². The number of hydrogen-bond acceptors (Lipinski definition) is 4. The van der Waals surface area contributed by atoms with E-state index in [2.05, 4.69) is 30.8 Å². The molecule has 152 valence electrons. The minimum absolute atomic E-state index is 0.0279. The summed E-state index contributed by atoms with van der Waals surface area (Å²) in [6, 6.07) is 4.70. The minimum Gasteiger partial charge on any atom is -0.490 e. The summed E-state index contributed by atoms with van der Waals surface area (Å²) in [5, 5.41) is 3.30. The highest BCUT2D eigenvalue weighted by molar-refractivity contribution is 7.89. The molecule has 0 spiro atoms. The normalized spacial score (nSPS) is 19.1. The molecule has 2 aliphatic rings. The fraction of sp³-hybridized carbons (Fsp3) is 0.700. The van der Waals surface area contributed by atoms with Crippen molar-refractivity contribution in [1.82, 2.24) is 10.0 Å². The SMILES string of the molecule is CC(C)(C)NCCCS(=O)(=O)NC1(c2ccc(F)c(OCC3CC3)c2)CC1. The smallest absolute Gasteiger partial charge is 0.212 e. The van der Waals surface area contributed by atoms with E-state index in [1.165, 1.54) is 6.07 Å². The van der Waals surface area contributed by atoms with Crippen molar-refractivity contribution in [2.45, 2.75) is 64.0 Å². The Morgan fingerprint density at radius 3 is 2.56 bits per heavy atom. The lowest BCUT2D eigenvalue weighted by atomic mass is 10.1. The molecular weight excluding hydrogens is 367 g/mol. The fourth-order valence-corrected chi connectivity index (χ4v) is 4.60. The average Bonchev–Trinajstić information content (AvgIpc) is 3.46. The van der Waals surface area contributed by atoms with Gasteiger partial charge < -0.3 is 10.1 Å². The summed E-state index contributed by atoms with van der Waals surface area (Å²) in [5.74, 6) is 0.429. The molecule has 7 heteroatoms. The highest BCUT2D eigenvalue weighted by Gasteiger charge is 2.47. The summed E-state index contributed by atoms with van der Waals surface area (Å²) in [7, 11) is -3.41. The molecule has 0 atom stereocenters. The van der Waals surface area contributed by atoms with E-state index >= 15 is 0 Å². The molecule has 0 heterocycles. The van der Waals surface area contributed by atoms with Crippen LogP contribution in [-0.2, 0) is 15.6 Å². The first-order valence-electron chi connectivity index (χ1n) is 9.78. The zero-order chi connectivity index (χ0) is 19.7. The summed E-state index contributed by atoms with van der Waals surface area (Å²) in [5.41, 5.74) is 0.146. The van der Waals surface area contributed by atoms with Crippen LogP contribution in [0, 0.1) is 11.7 Å². The summed E-state index contributed by atoms with van der Waals surface area (Å²) in [4.78, 5) is 0. The molecule has 27 heavy (non-hydrogen) atoms. The number of halogens is 1. The van der Waals surface area contributed by atoms with Crippen LogP contribution < -0.4 is 14.8 Å². The molecule has 5 nitrogen and oxygen atoms in total. The number of benzene rings is 1. The second kappa shape index (κ2) is 7.68. The van der Waals surface area contributed by atoms with Crippen LogP contribution in [0.4, 0.5) is 4.39 Å². The molecule has 0 aromatic heterocycles. The van der Waals surface area contributed by atoms with Crippen molar-refractivity contribution >= 4 is 10.0 Å². The van der Waals surface area contributed by atoms with Crippen LogP contribution in [0.25, 0.3) is 0 Å². The zero-order valence-electron chi connectivity index (χ0n) is 16.5. The minimum atomic E-state index is -3.41. The Morgan fingerprint density at radius 2 is 1.96 bits per heavy atom. The van der Waals surface area contributed by atoms with Gasteiger partial charge in [0.2, 0.25) is 10.0 Å². The van der Waals surface area contributed by atoms with Gasteiger partial charge in [0.25, 0.3) is 0 Å². The van der Waals surface area contributed by atoms with E-state index in [0.717, 1.165) is 31.2 Å². The van der Waals surface area contributed by atoms with E-state index in [1.807, 2.05) is 0 Å². The van der Waals surface area contributed by atoms with Gasteiger partial charge in [-0.2, -0.15) is 0 Å². The predicted molar refractivity (Wildman–Crippen MR) is 105 cm³/mol. The van der Waals surface area contributed by atoms with Crippen LogP contribution in [0.3, 0.4) is 0 Å². The van der Waals surface area contributed by atoms with Crippen molar-refractivity contribution < 1.29 is 17.5 Å². The van der Waals surface area contributed by atoms with E-state index in [4.69, 9.17) is 4.74 Å². The lowest BCUT2D eigenvalue weighted by Gasteiger charge is -2.21. The molecule has 0 saturated heterocycles. The van der Waals surface area contributed by atoms with Gasteiger partial charge in [-0.05, 0) is 83.0 Å². The number of nitrogens with one attached hydrogen (secondary N) is 2. The Labute approximate surface area is 162 Å². The van der Waals surface area contributed by atoms with Crippen LogP contribution in [0.15, 0.2) is 18.2 Å². The molecule has 3 rings (SSSR count). The molecule has 0 unspecified atom stereocenters. The lowest BCUT2D eigenvalue weighted by Crippen LogP contribution is -2.39. The van der Waals surface area contributed by atoms with Crippen molar-refractivity contribution in [3.63, 3.8) is 0 Å². The Morgan fingerprint density at radius 1 is 1.26 bits per heavy atom. The van der Waals surface area contributed by atoms with Crippen molar-refractivity contribution in [3.05, 3.63) is 29.6 Å². The van der Waals surface area contributed by atoms with Gasteiger partial charge in [-0.25, -0.2) is 17.5 Å². The highest BCUT2D eigenvalue weighted by atomic mass is 32.2. The monoisotopic (exact) mass is 398 g/mol. The largest absolute Gasteiger partial charge is 0.490 e. The maximum atomic E-state index is 14.0. The third-order valence-electron chi connectivity index (χ3n) is 5.00. The second-order valence-electron chi connectivity index (χ2n) is 8.93. The van der Waals surface area contributed by atoms with Gasteiger partial charge in [-0.1, -0.05) is 6.07 Å². The van der Waals surface area contributed by atoms with Crippen molar-refractivity contribution in [3.8, 4) is 5.75 Å². The van der Waals surface area contributed by atoms with E-state index in [1.54, 1.807) is 12.1 Å². The molecule has 2 fully saturated rings. The van der Waals surface area contributed by atoms with Crippen LogP contribution in [-0.4, -0.2) is 32.9 Å². The van der Waals surface area contributed by atoms with Gasteiger partial charge in [0.05, 0.1) is 17.9 Å². The van der Waals surface area contributed by atoms with Gasteiger partial charge >= 0.3 is 0 Å². The first-order chi connectivity index (χ1) is 12.6. The zero-order valence-corrected chi connectivity index (χ0v) is 17.3. The van der Waals surface area contributed by atoms with Crippen molar-refractivity contribution in [2.75, 3.05) is 18.9 Å². The van der Waals surface area contributed by atoms with Crippen LogP contribution in [0.1, 0.15) is 58.4 Å². The van der Waals surface area contributed by atoms with Crippen molar-refractivity contribution in [2.24, 2.45) is 5.92 Å². The number of hydrogen-bond donors (Lipinski definition) is 2. The number of sulfonamides is 1. The van der Waals surface area contributed by atoms with Crippen LogP contribution in [0.2, 0.25) is 0 Å². The highest BCUT2D eigenvalue weighted by Crippen LogP contribution is 2.47. The molecule has 0 radical (unpaired) electrons. The fourth-order valence-electron chi connectivity index (χ4n) is 3.05. The number of ether oxygens (including phenoxy) is 1. The van der Waals surface area contributed by atoms with E-state index in [-0.39, 0.29) is 17.0 Å². The third kappa shape index (κ3) is 6.16. The molecule has 0 amide bonds. The predicted octanol–water partition coefficient (Wildman–Crippen LogP) is 3.30. The molecular formula is C20H31FN2O3S. The summed E-state index contributed by atoms with van der Waals surface area (Å²) in [6.45, 7) is 7.33. The first kappa shape index (κ1) is 20.6.